The summed E-state index contributed by atoms with van der Waals surface area (Å²) in [5, 5.41) is 6.33. The molecule has 6 heteroatoms. The molecule has 0 aromatic carbocycles. The first kappa shape index (κ1) is 11.5. The number of nitrogens with one attached hydrogen (secondary N) is 2. The molecule has 2 N–H and O–H groups in total. The largest absolute Gasteiger partial charge is 0.476 e. The van der Waals surface area contributed by atoms with Gasteiger partial charge in [-0.1, -0.05) is 13.8 Å². The smallest absolute Gasteiger partial charge is 0.237 e. The van der Waals surface area contributed by atoms with Gasteiger partial charge in [-0.3, -0.25) is 14.7 Å². The molecular formula is C12H18N4O2. The van der Waals surface area contributed by atoms with Crippen molar-refractivity contribution in [2.45, 2.75) is 32.5 Å². The van der Waals surface area contributed by atoms with E-state index in [-0.39, 0.29) is 23.9 Å². The fraction of sp³-hybridized carbons (Fsp3) is 0.667. The van der Waals surface area contributed by atoms with Crippen molar-refractivity contribution in [3.63, 3.8) is 0 Å². The van der Waals surface area contributed by atoms with E-state index in [1.807, 2.05) is 13.8 Å². The minimum atomic E-state index is -0.154. The molecule has 18 heavy (non-hydrogen) atoms. The average molecular weight is 250 g/mol. The summed E-state index contributed by atoms with van der Waals surface area (Å²) in [6.45, 7) is 6.21. The third-order valence-electron chi connectivity index (χ3n) is 3.54. The molecule has 0 aliphatic carbocycles. The summed E-state index contributed by atoms with van der Waals surface area (Å²) in [5.41, 5.74) is 0. The number of piperazine rings is 1. The number of carbonyl (C=O) groups is 1. The van der Waals surface area contributed by atoms with Crippen LogP contribution in [0, 0.1) is 5.92 Å². The monoisotopic (exact) mass is 250 g/mol. The number of imidazole rings is 1. The lowest BCUT2D eigenvalue weighted by Crippen LogP contribution is -2.56. The Morgan fingerprint density at radius 1 is 1.56 bits per heavy atom. The van der Waals surface area contributed by atoms with E-state index in [0.29, 0.717) is 13.2 Å². The summed E-state index contributed by atoms with van der Waals surface area (Å²) in [7, 11) is 0. The second-order valence-corrected chi connectivity index (χ2v) is 5.14. The fourth-order valence-corrected chi connectivity index (χ4v) is 2.56. The number of amides is 1. The van der Waals surface area contributed by atoms with Crippen LogP contribution < -0.4 is 15.4 Å². The standard InChI is InChI=1S/C12H18N4O2/c1-7(2)10-12(17)14-5-8(15-10)11-13-6-9-16(11)3-4-18-9/h6-8,10,15H,3-5H2,1-2H3,(H,14,17). The maximum Gasteiger partial charge on any atom is 0.237 e. The van der Waals surface area contributed by atoms with Crippen LogP contribution in [-0.4, -0.2) is 34.7 Å². The van der Waals surface area contributed by atoms with Crippen molar-refractivity contribution in [1.82, 2.24) is 20.2 Å². The van der Waals surface area contributed by atoms with Gasteiger partial charge in [0.2, 0.25) is 11.8 Å². The topological polar surface area (TPSA) is 68.2 Å². The summed E-state index contributed by atoms with van der Waals surface area (Å²) < 4.78 is 7.53. The molecule has 2 aliphatic rings. The van der Waals surface area contributed by atoms with Gasteiger partial charge in [-0.2, -0.15) is 0 Å². The Bertz CT molecular complexity index is 469. The van der Waals surface area contributed by atoms with E-state index in [2.05, 4.69) is 20.2 Å². The highest BCUT2D eigenvalue weighted by Crippen LogP contribution is 2.25. The highest BCUT2D eigenvalue weighted by Gasteiger charge is 2.33. The highest BCUT2D eigenvalue weighted by molar-refractivity contribution is 5.82. The van der Waals surface area contributed by atoms with Gasteiger partial charge in [0, 0.05) is 6.54 Å². The Balaban J connectivity index is 1.82. The molecule has 0 radical (unpaired) electrons. The van der Waals surface area contributed by atoms with E-state index in [9.17, 15) is 4.79 Å². The zero-order valence-corrected chi connectivity index (χ0v) is 10.6. The van der Waals surface area contributed by atoms with Crippen molar-refractivity contribution in [2.24, 2.45) is 5.92 Å². The minimum Gasteiger partial charge on any atom is -0.476 e. The Labute approximate surface area is 106 Å². The summed E-state index contributed by atoms with van der Waals surface area (Å²) in [6.07, 6.45) is 1.75. The van der Waals surface area contributed by atoms with E-state index in [1.54, 1.807) is 6.20 Å². The highest BCUT2D eigenvalue weighted by atomic mass is 16.5. The van der Waals surface area contributed by atoms with Crippen molar-refractivity contribution in [3.8, 4) is 5.88 Å². The van der Waals surface area contributed by atoms with Gasteiger partial charge >= 0.3 is 0 Å². The fourth-order valence-electron chi connectivity index (χ4n) is 2.56. The van der Waals surface area contributed by atoms with Crippen LogP contribution in [0.15, 0.2) is 6.20 Å². The lowest BCUT2D eigenvalue weighted by Gasteiger charge is -2.32. The number of hydrogen-bond acceptors (Lipinski definition) is 4. The van der Waals surface area contributed by atoms with Crippen LogP contribution in [0.4, 0.5) is 0 Å². The number of rotatable bonds is 2. The molecule has 1 fully saturated rings. The van der Waals surface area contributed by atoms with E-state index in [4.69, 9.17) is 4.74 Å². The summed E-state index contributed by atoms with van der Waals surface area (Å²) in [6, 6.07) is -0.0930. The zero-order valence-electron chi connectivity index (χ0n) is 10.6. The van der Waals surface area contributed by atoms with Gasteiger partial charge in [0.15, 0.2) is 0 Å². The number of nitrogens with zero attached hydrogens (tertiary/aromatic N) is 2. The predicted octanol–water partition coefficient (Wildman–Crippen LogP) is 0.0606. The lowest BCUT2D eigenvalue weighted by atomic mass is 9.99. The number of fused-ring (bicyclic) bond motifs is 1. The van der Waals surface area contributed by atoms with Gasteiger partial charge in [-0.25, -0.2) is 4.98 Å². The number of hydrogen-bond donors (Lipinski definition) is 2. The molecule has 0 spiro atoms. The second kappa shape index (κ2) is 4.28. The third-order valence-corrected chi connectivity index (χ3v) is 3.54. The van der Waals surface area contributed by atoms with Gasteiger partial charge in [-0.05, 0) is 5.92 Å². The number of carbonyl (C=O) groups excluding carboxylic acids is 1. The van der Waals surface area contributed by atoms with E-state index in [1.165, 1.54) is 0 Å². The molecule has 0 saturated carbocycles. The average Bonchev–Trinajstić information content (AvgIpc) is 2.91. The molecule has 1 saturated heterocycles. The minimum absolute atomic E-state index is 0.0607. The number of aromatic nitrogens is 2. The Morgan fingerprint density at radius 2 is 2.39 bits per heavy atom. The van der Waals surface area contributed by atoms with Gasteiger partial charge < -0.3 is 10.1 Å². The molecule has 3 rings (SSSR count). The van der Waals surface area contributed by atoms with Crippen LogP contribution >= 0.6 is 0 Å². The van der Waals surface area contributed by atoms with Crippen LogP contribution in [0.25, 0.3) is 0 Å². The predicted molar refractivity (Wildman–Crippen MR) is 65.2 cm³/mol. The molecule has 98 valence electrons. The lowest BCUT2D eigenvalue weighted by molar-refractivity contribution is -0.126. The van der Waals surface area contributed by atoms with Crippen molar-refractivity contribution >= 4 is 5.91 Å². The molecule has 1 amide bonds. The quantitative estimate of drug-likeness (QED) is 0.779. The molecule has 2 aliphatic heterocycles. The summed E-state index contributed by atoms with van der Waals surface area (Å²) >= 11 is 0. The molecule has 2 unspecified atom stereocenters. The first-order valence-corrected chi connectivity index (χ1v) is 6.39. The van der Waals surface area contributed by atoms with Gasteiger partial charge in [-0.15, -0.1) is 0 Å². The van der Waals surface area contributed by atoms with Crippen LogP contribution in [0.3, 0.4) is 0 Å². The van der Waals surface area contributed by atoms with Crippen molar-refractivity contribution in [3.05, 3.63) is 12.0 Å². The third kappa shape index (κ3) is 1.77. The molecule has 0 bridgehead atoms. The summed E-state index contributed by atoms with van der Waals surface area (Å²) in [4.78, 5) is 16.2. The maximum atomic E-state index is 11.8. The zero-order chi connectivity index (χ0) is 12.7. The second-order valence-electron chi connectivity index (χ2n) is 5.14. The van der Waals surface area contributed by atoms with Crippen LogP contribution in [0.5, 0.6) is 5.88 Å². The van der Waals surface area contributed by atoms with Crippen molar-refractivity contribution in [1.29, 1.82) is 0 Å². The van der Waals surface area contributed by atoms with E-state index >= 15 is 0 Å². The van der Waals surface area contributed by atoms with Gasteiger partial charge in [0.25, 0.3) is 0 Å². The van der Waals surface area contributed by atoms with Gasteiger partial charge in [0.1, 0.15) is 12.4 Å². The molecule has 1 aromatic heterocycles. The SMILES string of the molecule is CC(C)C1NC(c2ncc3n2CCO3)CNC1=O. The Morgan fingerprint density at radius 3 is 3.17 bits per heavy atom. The van der Waals surface area contributed by atoms with Crippen molar-refractivity contribution in [2.75, 3.05) is 13.2 Å². The Hall–Kier alpha value is -1.56. The van der Waals surface area contributed by atoms with Crippen LogP contribution in [0.2, 0.25) is 0 Å². The first-order valence-electron chi connectivity index (χ1n) is 6.39. The molecule has 2 atom stereocenters. The molecule has 3 heterocycles. The van der Waals surface area contributed by atoms with Crippen molar-refractivity contribution < 1.29 is 9.53 Å². The van der Waals surface area contributed by atoms with Gasteiger partial charge in [0.05, 0.1) is 24.8 Å². The van der Waals surface area contributed by atoms with Crippen LogP contribution in [-0.2, 0) is 11.3 Å². The molecular weight excluding hydrogens is 232 g/mol. The molecule has 1 aromatic rings. The normalized spacial score (nSPS) is 26.9. The summed E-state index contributed by atoms with van der Waals surface area (Å²) in [5.74, 6) is 2.11. The first-order chi connectivity index (χ1) is 8.66. The van der Waals surface area contributed by atoms with Crippen LogP contribution in [0.1, 0.15) is 25.7 Å². The van der Waals surface area contributed by atoms with E-state index < -0.39 is 0 Å². The molecule has 6 nitrogen and oxygen atoms in total. The Kier molecular flexibility index (Phi) is 2.74. The van der Waals surface area contributed by atoms with E-state index in [0.717, 1.165) is 18.2 Å². The number of ether oxygens (including phenoxy) is 1. The maximum absolute atomic E-state index is 11.8.